The molecule has 1 heterocycles. The molecule has 0 fully saturated rings. The summed E-state index contributed by atoms with van der Waals surface area (Å²) in [5.41, 5.74) is 2.11. The highest BCUT2D eigenvalue weighted by Crippen LogP contribution is 2.19. The molecule has 11 heteroatoms. The number of benzene rings is 3. The summed E-state index contributed by atoms with van der Waals surface area (Å²) in [6.45, 7) is 5.78. The van der Waals surface area contributed by atoms with Crippen molar-refractivity contribution in [2.45, 2.75) is 70.6 Å². The van der Waals surface area contributed by atoms with Crippen molar-refractivity contribution < 1.29 is 28.7 Å². The van der Waals surface area contributed by atoms with E-state index in [9.17, 15) is 24.0 Å². The van der Waals surface area contributed by atoms with Crippen molar-refractivity contribution >= 4 is 29.5 Å². The Morgan fingerprint density at radius 2 is 1.49 bits per heavy atom. The molecule has 5 amide bonds. The van der Waals surface area contributed by atoms with Crippen LogP contribution in [0, 0.1) is 5.92 Å². The molecule has 0 spiro atoms. The molecule has 0 aromatic heterocycles. The predicted molar refractivity (Wildman–Crippen MR) is 187 cm³/mol. The number of carbonyl (C=O) groups excluding carboxylic acids is 5. The van der Waals surface area contributed by atoms with Gasteiger partial charge in [0.25, 0.3) is 5.91 Å². The molecule has 0 bridgehead atoms. The van der Waals surface area contributed by atoms with E-state index < -0.39 is 60.1 Å². The van der Waals surface area contributed by atoms with Crippen LogP contribution in [-0.4, -0.2) is 78.8 Å². The lowest BCUT2D eigenvalue weighted by atomic mass is 9.99. The minimum Gasteiger partial charge on any atom is -0.491 e. The van der Waals surface area contributed by atoms with Crippen molar-refractivity contribution in [2.75, 3.05) is 20.2 Å². The van der Waals surface area contributed by atoms with Crippen LogP contribution in [0.25, 0.3) is 0 Å². The number of nitrogens with zero attached hydrogens (tertiary/aromatic N) is 1. The predicted octanol–water partition coefficient (Wildman–Crippen LogP) is 3.03. The summed E-state index contributed by atoms with van der Waals surface area (Å²) in [5, 5.41) is 11.4. The Labute approximate surface area is 288 Å². The zero-order valence-corrected chi connectivity index (χ0v) is 28.6. The molecule has 4 N–H and O–H groups in total. The first kappa shape index (κ1) is 36.6. The van der Waals surface area contributed by atoms with E-state index in [1.165, 1.54) is 11.9 Å². The number of ether oxygens (including phenoxy) is 1. The molecule has 3 aromatic rings. The summed E-state index contributed by atoms with van der Waals surface area (Å²) in [7, 11) is 1.50. The summed E-state index contributed by atoms with van der Waals surface area (Å²) >= 11 is 0. The lowest BCUT2D eigenvalue weighted by Crippen LogP contribution is -2.58. The van der Waals surface area contributed by atoms with Crippen LogP contribution >= 0.6 is 0 Å². The summed E-state index contributed by atoms with van der Waals surface area (Å²) in [4.78, 5) is 69.8. The maximum absolute atomic E-state index is 13.9. The van der Waals surface area contributed by atoms with Crippen molar-refractivity contribution in [3.63, 3.8) is 0 Å². The maximum Gasteiger partial charge on any atom is 0.255 e. The smallest absolute Gasteiger partial charge is 0.255 e. The van der Waals surface area contributed by atoms with Gasteiger partial charge in [0.1, 0.15) is 30.5 Å². The Kier molecular flexibility index (Phi) is 13.3. The number of nitrogens with one attached hydrogen (secondary N) is 4. The van der Waals surface area contributed by atoms with Gasteiger partial charge in [0.15, 0.2) is 0 Å². The highest BCUT2D eigenvalue weighted by molar-refractivity contribution is 6.01. The fraction of sp³-hybridized carbons (Fsp3) is 0.395. The normalized spacial score (nSPS) is 21.0. The van der Waals surface area contributed by atoms with Crippen molar-refractivity contribution in [1.82, 2.24) is 26.2 Å². The highest BCUT2D eigenvalue weighted by atomic mass is 16.5. The highest BCUT2D eigenvalue weighted by Gasteiger charge is 2.35. The number of likely N-dealkylation sites (N-methyl/N-ethyl adjacent to an activating group) is 1. The Morgan fingerprint density at radius 3 is 2.16 bits per heavy atom. The van der Waals surface area contributed by atoms with Gasteiger partial charge in [-0.05, 0) is 48.9 Å². The Bertz CT molecular complexity index is 1580. The third-order valence-corrected chi connectivity index (χ3v) is 8.48. The van der Waals surface area contributed by atoms with E-state index in [-0.39, 0.29) is 30.3 Å². The van der Waals surface area contributed by atoms with Crippen molar-refractivity contribution in [3.05, 3.63) is 102 Å². The van der Waals surface area contributed by atoms with E-state index in [1.54, 1.807) is 31.2 Å². The van der Waals surface area contributed by atoms with Crippen LogP contribution in [0.1, 0.15) is 55.1 Å². The Morgan fingerprint density at radius 1 is 0.857 bits per heavy atom. The molecule has 260 valence electrons. The van der Waals surface area contributed by atoms with Gasteiger partial charge in [-0.1, -0.05) is 86.6 Å². The fourth-order valence-electron chi connectivity index (χ4n) is 5.61. The molecular weight excluding hydrogens is 622 g/mol. The summed E-state index contributed by atoms with van der Waals surface area (Å²) < 4.78 is 5.96. The first-order valence-corrected chi connectivity index (χ1v) is 16.8. The quantitative estimate of drug-likeness (QED) is 0.272. The van der Waals surface area contributed by atoms with E-state index in [2.05, 4.69) is 21.3 Å². The second-order valence-electron chi connectivity index (χ2n) is 12.8. The molecule has 1 aliphatic rings. The minimum absolute atomic E-state index is 0.0397. The van der Waals surface area contributed by atoms with Crippen molar-refractivity contribution in [1.29, 1.82) is 0 Å². The number of carbonyl (C=O) groups is 5. The molecule has 0 saturated heterocycles. The molecule has 0 aliphatic carbocycles. The van der Waals surface area contributed by atoms with Crippen LogP contribution in [0.2, 0.25) is 0 Å². The average molecular weight is 670 g/mol. The topological polar surface area (TPSA) is 146 Å². The minimum atomic E-state index is -1.24. The van der Waals surface area contributed by atoms with Crippen molar-refractivity contribution in [2.24, 2.45) is 5.92 Å². The van der Waals surface area contributed by atoms with Crippen LogP contribution in [-0.2, 0) is 32.0 Å². The number of fused-ring (bicyclic) bond motifs is 1. The van der Waals surface area contributed by atoms with Gasteiger partial charge in [0, 0.05) is 20.0 Å². The molecule has 0 unspecified atom stereocenters. The Balaban J connectivity index is 1.64. The van der Waals surface area contributed by atoms with Gasteiger partial charge >= 0.3 is 0 Å². The zero-order chi connectivity index (χ0) is 35.3. The standard InChI is InChI=1S/C38H47N5O6/c1-25(2)34-38(48)40-26(3)24-49-32-20-12-11-19-29(32)35(45)41-30(36(46)39-21-13-18-27-14-7-5-8-15-27)23-33(44)43(4)31(37(47)42-34)22-28-16-9-6-10-17-28/h5-12,14-17,19-20,25-26,30-31,34H,13,18,21-24H2,1-4H3,(H,39,46)(H,40,48)(H,41,45)(H,42,47)/t26-,30-,31-,34+/m0/s1. The van der Waals surface area contributed by atoms with Crippen LogP contribution in [0.4, 0.5) is 0 Å². The lowest BCUT2D eigenvalue weighted by molar-refractivity contribution is -0.141. The van der Waals surface area contributed by atoms with Crippen LogP contribution in [0.15, 0.2) is 84.9 Å². The molecule has 0 saturated carbocycles. The molecule has 4 atom stereocenters. The van der Waals surface area contributed by atoms with Gasteiger partial charge in [-0.2, -0.15) is 0 Å². The van der Waals surface area contributed by atoms with Gasteiger partial charge in [0.05, 0.1) is 18.0 Å². The van der Waals surface area contributed by atoms with Gasteiger partial charge in [0.2, 0.25) is 23.6 Å². The summed E-state index contributed by atoms with van der Waals surface area (Å²) in [6, 6.07) is 22.1. The van der Waals surface area contributed by atoms with Gasteiger partial charge in [-0.3, -0.25) is 24.0 Å². The molecule has 4 rings (SSSR count). The van der Waals surface area contributed by atoms with E-state index in [0.29, 0.717) is 13.0 Å². The number of aryl methyl sites for hydroxylation is 1. The van der Waals surface area contributed by atoms with E-state index in [4.69, 9.17) is 4.74 Å². The molecule has 49 heavy (non-hydrogen) atoms. The SMILES string of the molecule is CC(C)[C@H]1NC(=O)[C@H](Cc2ccccc2)N(C)C(=O)C[C@@H](C(=O)NCCCc2ccccc2)NC(=O)c2ccccc2OC[C@H](C)NC1=O. The van der Waals surface area contributed by atoms with Crippen LogP contribution in [0.3, 0.4) is 0 Å². The number of amides is 5. The molecule has 0 radical (unpaired) electrons. The molecule has 3 aromatic carbocycles. The number of para-hydroxylation sites is 1. The number of rotatable bonds is 8. The number of hydrogen-bond acceptors (Lipinski definition) is 6. The van der Waals surface area contributed by atoms with E-state index in [1.807, 2.05) is 74.5 Å². The zero-order valence-electron chi connectivity index (χ0n) is 28.6. The van der Waals surface area contributed by atoms with Gasteiger partial charge < -0.3 is 30.9 Å². The summed E-state index contributed by atoms with van der Waals surface area (Å²) in [5.74, 6) is -2.58. The van der Waals surface area contributed by atoms with Crippen LogP contribution < -0.4 is 26.0 Å². The third kappa shape index (κ3) is 10.7. The second-order valence-corrected chi connectivity index (χ2v) is 12.8. The molecule has 1 aliphatic heterocycles. The van der Waals surface area contributed by atoms with E-state index in [0.717, 1.165) is 17.5 Å². The first-order chi connectivity index (χ1) is 23.5. The second kappa shape index (κ2) is 17.8. The Hall–Kier alpha value is -5.19. The first-order valence-electron chi connectivity index (χ1n) is 16.8. The largest absolute Gasteiger partial charge is 0.491 e. The monoisotopic (exact) mass is 669 g/mol. The lowest BCUT2D eigenvalue weighted by Gasteiger charge is -2.31. The van der Waals surface area contributed by atoms with E-state index >= 15 is 0 Å². The molecular formula is C38H47N5O6. The molecule has 11 nitrogen and oxygen atoms in total. The third-order valence-electron chi connectivity index (χ3n) is 8.48. The maximum atomic E-state index is 13.9. The average Bonchev–Trinajstić information content (AvgIpc) is 3.10. The number of hydrogen-bond donors (Lipinski definition) is 4. The fourth-order valence-corrected chi connectivity index (χ4v) is 5.61. The van der Waals surface area contributed by atoms with Crippen molar-refractivity contribution in [3.8, 4) is 5.75 Å². The van der Waals surface area contributed by atoms with Crippen LogP contribution in [0.5, 0.6) is 5.75 Å². The summed E-state index contributed by atoms with van der Waals surface area (Å²) in [6.07, 6.45) is 1.16. The van der Waals surface area contributed by atoms with Gasteiger partial charge in [-0.25, -0.2) is 0 Å². The van der Waals surface area contributed by atoms with Gasteiger partial charge in [-0.15, -0.1) is 0 Å².